The minimum absolute atomic E-state index is 0.878. The third-order valence-corrected chi connectivity index (χ3v) is 2.84. The standard InChI is InChI=1S/C8H9N3S2/c1-2-9-8-7(10-13-11-8)6-3-4-12-5-6/h3-5H,2H2,1H3,(H,9,11). The summed E-state index contributed by atoms with van der Waals surface area (Å²) in [5.74, 6) is 0.894. The van der Waals surface area contributed by atoms with Gasteiger partial charge in [0.1, 0.15) is 5.69 Å². The SMILES string of the molecule is CCNc1nsnc1-c1ccsc1. The number of hydrogen-bond acceptors (Lipinski definition) is 5. The Morgan fingerprint density at radius 2 is 2.38 bits per heavy atom. The monoisotopic (exact) mass is 211 g/mol. The summed E-state index contributed by atoms with van der Waals surface area (Å²) in [5.41, 5.74) is 2.11. The van der Waals surface area contributed by atoms with E-state index in [1.165, 1.54) is 11.7 Å². The molecule has 0 radical (unpaired) electrons. The number of nitrogens with zero attached hydrogens (tertiary/aromatic N) is 2. The van der Waals surface area contributed by atoms with Crippen LogP contribution in [-0.4, -0.2) is 15.3 Å². The number of thiophene rings is 1. The lowest BCUT2D eigenvalue weighted by Gasteiger charge is -1.98. The van der Waals surface area contributed by atoms with E-state index in [0.29, 0.717) is 0 Å². The van der Waals surface area contributed by atoms with Gasteiger partial charge in [-0.1, -0.05) is 0 Å². The molecule has 2 aromatic heterocycles. The Kier molecular flexibility index (Phi) is 2.56. The van der Waals surface area contributed by atoms with Crippen LogP contribution in [0.2, 0.25) is 0 Å². The van der Waals surface area contributed by atoms with Crippen molar-refractivity contribution in [2.75, 3.05) is 11.9 Å². The molecule has 0 aliphatic carbocycles. The molecule has 0 saturated carbocycles. The van der Waals surface area contributed by atoms with Gasteiger partial charge in [0.25, 0.3) is 0 Å². The molecular weight excluding hydrogens is 202 g/mol. The molecule has 2 rings (SSSR count). The number of aromatic nitrogens is 2. The van der Waals surface area contributed by atoms with Gasteiger partial charge in [-0.15, -0.1) is 0 Å². The predicted octanol–water partition coefficient (Wildman–Crippen LogP) is 2.70. The molecule has 0 aliphatic heterocycles. The first-order valence-electron chi connectivity index (χ1n) is 4.01. The molecule has 68 valence electrons. The van der Waals surface area contributed by atoms with Crippen molar-refractivity contribution in [3.63, 3.8) is 0 Å². The zero-order valence-electron chi connectivity index (χ0n) is 7.15. The second kappa shape index (κ2) is 3.85. The van der Waals surface area contributed by atoms with Crippen LogP contribution in [0.25, 0.3) is 11.3 Å². The summed E-state index contributed by atoms with van der Waals surface area (Å²) in [6, 6.07) is 2.06. The Balaban J connectivity index is 2.35. The van der Waals surface area contributed by atoms with E-state index >= 15 is 0 Å². The highest BCUT2D eigenvalue weighted by Gasteiger charge is 2.08. The molecule has 5 heteroatoms. The van der Waals surface area contributed by atoms with E-state index in [9.17, 15) is 0 Å². The predicted molar refractivity (Wildman–Crippen MR) is 57.4 cm³/mol. The van der Waals surface area contributed by atoms with Crippen LogP contribution in [0, 0.1) is 0 Å². The molecule has 0 fully saturated rings. The summed E-state index contributed by atoms with van der Waals surface area (Å²) in [7, 11) is 0. The first kappa shape index (κ1) is 8.65. The number of anilines is 1. The van der Waals surface area contributed by atoms with Gasteiger partial charge < -0.3 is 5.32 Å². The Bertz CT molecular complexity index is 366. The zero-order valence-corrected chi connectivity index (χ0v) is 8.78. The van der Waals surface area contributed by atoms with Crippen molar-refractivity contribution in [1.82, 2.24) is 8.75 Å². The quantitative estimate of drug-likeness (QED) is 0.848. The molecule has 1 N–H and O–H groups in total. The average Bonchev–Trinajstić information content (AvgIpc) is 2.71. The van der Waals surface area contributed by atoms with Crippen LogP contribution < -0.4 is 5.32 Å². The molecule has 0 saturated heterocycles. The maximum Gasteiger partial charge on any atom is 0.168 e. The summed E-state index contributed by atoms with van der Waals surface area (Å²) >= 11 is 2.92. The van der Waals surface area contributed by atoms with E-state index in [2.05, 4.69) is 32.4 Å². The number of rotatable bonds is 3. The smallest absolute Gasteiger partial charge is 0.168 e. The lowest BCUT2D eigenvalue weighted by molar-refractivity contribution is 1.19. The Morgan fingerprint density at radius 3 is 3.08 bits per heavy atom. The first-order valence-corrected chi connectivity index (χ1v) is 5.68. The number of nitrogens with one attached hydrogen (secondary N) is 1. The van der Waals surface area contributed by atoms with Gasteiger partial charge in [0.15, 0.2) is 5.82 Å². The molecule has 2 heterocycles. The van der Waals surface area contributed by atoms with Gasteiger partial charge in [-0.2, -0.15) is 20.1 Å². The molecule has 0 amide bonds. The molecular formula is C8H9N3S2. The van der Waals surface area contributed by atoms with Crippen molar-refractivity contribution >= 4 is 28.9 Å². The molecule has 0 aromatic carbocycles. The van der Waals surface area contributed by atoms with Gasteiger partial charge >= 0.3 is 0 Å². The minimum atomic E-state index is 0.878. The van der Waals surface area contributed by atoms with Crippen molar-refractivity contribution in [3.8, 4) is 11.3 Å². The third kappa shape index (κ3) is 1.71. The van der Waals surface area contributed by atoms with Crippen LogP contribution in [0.1, 0.15) is 6.92 Å². The summed E-state index contributed by atoms with van der Waals surface area (Å²) in [6.07, 6.45) is 0. The minimum Gasteiger partial charge on any atom is -0.368 e. The van der Waals surface area contributed by atoms with Crippen LogP contribution >= 0.6 is 23.1 Å². The van der Waals surface area contributed by atoms with Gasteiger partial charge in [0, 0.05) is 17.5 Å². The van der Waals surface area contributed by atoms with Crippen molar-refractivity contribution in [3.05, 3.63) is 16.8 Å². The lowest BCUT2D eigenvalue weighted by atomic mass is 10.2. The molecule has 0 atom stereocenters. The van der Waals surface area contributed by atoms with Gasteiger partial charge in [0.05, 0.1) is 11.7 Å². The topological polar surface area (TPSA) is 37.8 Å². The van der Waals surface area contributed by atoms with Crippen molar-refractivity contribution in [2.24, 2.45) is 0 Å². The van der Waals surface area contributed by atoms with Crippen molar-refractivity contribution in [1.29, 1.82) is 0 Å². The van der Waals surface area contributed by atoms with Gasteiger partial charge in [-0.3, -0.25) is 0 Å². The highest BCUT2D eigenvalue weighted by atomic mass is 32.1. The van der Waals surface area contributed by atoms with E-state index in [1.54, 1.807) is 11.3 Å². The Labute approximate surface area is 84.8 Å². The fourth-order valence-corrected chi connectivity index (χ4v) is 2.25. The molecule has 2 aromatic rings. The van der Waals surface area contributed by atoms with Crippen molar-refractivity contribution in [2.45, 2.75) is 6.92 Å². The van der Waals surface area contributed by atoms with Crippen LogP contribution in [0.3, 0.4) is 0 Å². The normalized spacial score (nSPS) is 10.2. The molecule has 0 bridgehead atoms. The van der Waals surface area contributed by atoms with E-state index in [4.69, 9.17) is 0 Å². The van der Waals surface area contributed by atoms with Gasteiger partial charge in [-0.05, 0) is 18.4 Å². The Hall–Kier alpha value is -0.940. The molecule has 3 nitrogen and oxygen atoms in total. The zero-order chi connectivity index (χ0) is 9.10. The van der Waals surface area contributed by atoms with Crippen LogP contribution in [0.5, 0.6) is 0 Å². The van der Waals surface area contributed by atoms with E-state index in [1.807, 2.05) is 5.38 Å². The number of hydrogen-bond donors (Lipinski definition) is 1. The summed E-state index contributed by atoms with van der Waals surface area (Å²) in [5, 5.41) is 7.31. The fraction of sp³-hybridized carbons (Fsp3) is 0.250. The average molecular weight is 211 g/mol. The largest absolute Gasteiger partial charge is 0.368 e. The van der Waals surface area contributed by atoms with Crippen LogP contribution in [0.4, 0.5) is 5.82 Å². The first-order chi connectivity index (χ1) is 6.42. The summed E-state index contributed by atoms with van der Waals surface area (Å²) in [6.45, 7) is 2.93. The Morgan fingerprint density at radius 1 is 1.46 bits per heavy atom. The van der Waals surface area contributed by atoms with Gasteiger partial charge in [0.2, 0.25) is 0 Å². The second-order valence-corrected chi connectivity index (χ2v) is 3.81. The highest BCUT2D eigenvalue weighted by Crippen LogP contribution is 2.27. The van der Waals surface area contributed by atoms with Crippen LogP contribution in [0.15, 0.2) is 16.8 Å². The van der Waals surface area contributed by atoms with Crippen LogP contribution in [-0.2, 0) is 0 Å². The third-order valence-electron chi connectivity index (χ3n) is 1.63. The summed E-state index contributed by atoms with van der Waals surface area (Å²) < 4.78 is 8.44. The molecule has 0 aliphatic rings. The van der Waals surface area contributed by atoms with Gasteiger partial charge in [-0.25, -0.2) is 0 Å². The molecule has 0 spiro atoms. The van der Waals surface area contributed by atoms with Crippen molar-refractivity contribution < 1.29 is 0 Å². The maximum absolute atomic E-state index is 4.25. The highest BCUT2D eigenvalue weighted by molar-refractivity contribution is 7.08. The lowest BCUT2D eigenvalue weighted by Crippen LogP contribution is -1.97. The van der Waals surface area contributed by atoms with E-state index in [-0.39, 0.29) is 0 Å². The fourth-order valence-electron chi connectivity index (χ4n) is 1.06. The summed E-state index contributed by atoms with van der Waals surface area (Å²) in [4.78, 5) is 0. The molecule has 13 heavy (non-hydrogen) atoms. The van der Waals surface area contributed by atoms with E-state index in [0.717, 1.165) is 23.6 Å². The second-order valence-electron chi connectivity index (χ2n) is 2.50. The molecule has 0 unspecified atom stereocenters. The van der Waals surface area contributed by atoms with E-state index < -0.39 is 0 Å². The maximum atomic E-state index is 4.25.